The summed E-state index contributed by atoms with van der Waals surface area (Å²) in [6, 6.07) is 9.09. The van der Waals surface area contributed by atoms with Crippen molar-refractivity contribution in [2.75, 3.05) is 20.2 Å². The third-order valence-electron chi connectivity index (χ3n) is 4.12. The van der Waals surface area contributed by atoms with Gasteiger partial charge in [0.05, 0.1) is 6.61 Å². The molecule has 0 radical (unpaired) electrons. The zero-order valence-electron chi connectivity index (χ0n) is 12.1. The molecule has 0 spiro atoms. The van der Waals surface area contributed by atoms with Gasteiger partial charge in [0, 0.05) is 19.7 Å². The summed E-state index contributed by atoms with van der Waals surface area (Å²) < 4.78 is 5.13. The van der Waals surface area contributed by atoms with Crippen molar-refractivity contribution in [1.82, 2.24) is 4.90 Å². The lowest BCUT2D eigenvalue weighted by molar-refractivity contribution is 0.165. The summed E-state index contributed by atoms with van der Waals surface area (Å²) in [6.07, 6.45) is 2.47. The first-order valence-electron chi connectivity index (χ1n) is 7.23. The first kappa shape index (κ1) is 14.5. The van der Waals surface area contributed by atoms with Crippen LogP contribution in [0.25, 0.3) is 0 Å². The average Bonchev–Trinajstić information content (AvgIpc) is 2.42. The normalized spacial score (nSPS) is 19.5. The number of hydrogen-bond acceptors (Lipinski definition) is 3. The van der Waals surface area contributed by atoms with E-state index < -0.39 is 0 Å². The van der Waals surface area contributed by atoms with Gasteiger partial charge in [-0.1, -0.05) is 24.3 Å². The van der Waals surface area contributed by atoms with Gasteiger partial charge >= 0.3 is 0 Å². The second-order valence-corrected chi connectivity index (χ2v) is 5.72. The van der Waals surface area contributed by atoms with Crippen molar-refractivity contribution >= 4 is 0 Å². The summed E-state index contributed by atoms with van der Waals surface area (Å²) in [4.78, 5) is 2.53. The molecule has 3 nitrogen and oxygen atoms in total. The van der Waals surface area contributed by atoms with Crippen LogP contribution in [0.15, 0.2) is 24.3 Å². The lowest BCUT2D eigenvalue weighted by atomic mass is 9.91. The van der Waals surface area contributed by atoms with Gasteiger partial charge in [-0.3, -0.25) is 4.90 Å². The molecule has 0 bridgehead atoms. The number of nitrogens with two attached hydrogens (primary N) is 1. The number of benzene rings is 1. The number of hydrogen-bond donors (Lipinski definition) is 1. The molecule has 1 unspecified atom stereocenters. The van der Waals surface area contributed by atoms with E-state index in [2.05, 4.69) is 36.1 Å². The van der Waals surface area contributed by atoms with Crippen LogP contribution in [0.4, 0.5) is 0 Å². The Morgan fingerprint density at radius 2 is 1.79 bits per heavy atom. The average molecular weight is 262 g/mol. The highest BCUT2D eigenvalue weighted by molar-refractivity contribution is 5.22. The van der Waals surface area contributed by atoms with E-state index in [0.29, 0.717) is 18.6 Å². The molecule has 1 aliphatic rings. The molecule has 3 heteroatoms. The van der Waals surface area contributed by atoms with Crippen LogP contribution in [-0.4, -0.2) is 31.1 Å². The molecule has 106 valence electrons. The second kappa shape index (κ2) is 7.04. The number of rotatable bonds is 5. The van der Waals surface area contributed by atoms with Gasteiger partial charge in [0.25, 0.3) is 0 Å². The van der Waals surface area contributed by atoms with E-state index in [0.717, 1.165) is 6.54 Å². The van der Waals surface area contributed by atoms with Crippen molar-refractivity contribution in [3.8, 4) is 0 Å². The van der Waals surface area contributed by atoms with Gasteiger partial charge in [0.1, 0.15) is 0 Å². The quantitative estimate of drug-likeness (QED) is 0.885. The predicted molar refractivity (Wildman–Crippen MR) is 78.8 cm³/mol. The Bertz CT molecular complexity index is 367. The molecule has 1 aliphatic heterocycles. The summed E-state index contributed by atoms with van der Waals surface area (Å²) >= 11 is 0. The fourth-order valence-electron chi connectivity index (χ4n) is 2.80. The third-order valence-corrected chi connectivity index (χ3v) is 4.12. The SMILES string of the molecule is COCc1ccc(CN2CCC(C(C)N)CC2)cc1. The van der Waals surface area contributed by atoms with Crippen molar-refractivity contribution in [3.63, 3.8) is 0 Å². The summed E-state index contributed by atoms with van der Waals surface area (Å²) in [7, 11) is 1.73. The highest BCUT2D eigenvalue weighted by atomic mass is 16.5. The van der Waals surface area contributed by atoms with E-state index in [1.54, 1.807) is 7.11 Å². The van der Waals surface area contributed by atoms with Crippen LogP contribution in [0, 0.1) is 5.92 Å². The number of ether oxygens (including phenoxy) is 1. The molecular formula is C16H26N2O. The van der Waals surface area contributed by atoms with E-state index in [1.165, 1.54) is 37.1 Å². The molecule has 1 fully saturated rings. The number of likely N-dealkylation sites (tertiary alicyclic amines) is 1. The molecule has 2 rings (SSSR count). The highest BCUT2D eigenvalue weighted by Crippen LogP contribution is 2.21. The van der Waals surface area contributed by atoms with Gasteiger partial charge in [-0.2, -0.15) is 0 Å². The van der Waals surface area contributed by atoms with Crippen LogP contribution < -0.4 is 5.73 Å². The summed E-state index contributed by atoms with van der Waals surface area (Å²) in [6.45, 7) is 6.23. The Morgan fingerprint density at radius 3 is 2.32 bits per heavy atom. The topological polar surface area (TPSA) is 38.5 Å². The molecule has 1 atom stereocenters. The van der Waals surface area contributed by atoms with Crippen molar-refractivity contribution in [1.29, 1.82) is 0 Å². The maximum Gasteiger partial charge on any atom is 0.0713 e. The van der Waals surface area contributed by atoms with Gasteiger partial charge in [-0.05, 0) is 49.9 Å². The van der Waals surface area contributed by atoms with E-state index in [9.17, 15) is 0 Å². The minimum atomic E-state index is 0.343. The Labute approximate surface area is 116 Å². The Hall–Kier alpha value is -0.900. The van der Waals surface area contributed by atoms with Crippen LogP contribution in [-0.2, 0) is 17.9 Å². The molecule has 0 aliphatic carbocycles. The zero-order valence-corrected chi connectivity index (χ0v) is 12.1. The predicted octanol–water partition coefficient (Wildman–Crippen LogP) is 2.39. The number of piperidine rings is 1. The molecule has 19 heavy (non-hydrogen) atoms. The standard InChI is InChI=1S/C16H26N2O/c1-13(17)16-7-9-18(10-8-16)11-14-3-5-15(6-4-14)12-19-2/h3-6,13,16H,7-12,17H2,1-2H3. The van der Waals surface area contributed by atoms with E-state index in [-0.39, 0.29) is 0 Å². The van der Waals surface area contributed by atoms with Crippen molar-refractivity contribution < 1.29 is 4.74 Å². The minimum Gasteiger partial charge on any atom is -0.380 e. The molecular weight excluding hydrogens is 236 g/mol. The number of methoxy groups -OCH3 is 1. The first-order chi connectivity index (χ1) is 9.19. The van der Waals surface area contributed by atoms with Crippen LogP contribution in [0.1, 0.15) is 30.9 Å². The van der Waals surface area contributed by atoms with Crippen LogP contribution >= 0.6 is 0 Å². The first-order valence-corrected chi connectivity index (χ1v) is 7.23. The van der Waals surface area contributed by atoms with Gasteiger partial charge in [-0.25, -0.2) is 0 Å². The van der Waals surface area contributed by atoms with Crippen LogP contribution in [0.3, 0.4) is 0 Å². The van der Waals surface area contributed by atoms with Crippen molar-refractivity contribution in [2.45, 2.75) is 39.0 Å². The van der Waals surface area contributed by atoms with Gasteiger partial charge < -0.3 is 10.5 Å². The third kappa shape index (κ3) is 4.30. The van der Waals surface area contributed by atoms with Crippen LogP contribution in [0.5, 0.6) is 0 Å². The highest BCUT2D eigenvalue weighted by Gasteiger charge is 2.21. The smallest absolute Gasteiger partial charge is 0.0713 e. The van der Waals surface area contributed by atoms with E-state index >= 15 is 0 Å². The summed E-state index contributed by atoms with van der Waals surface area (Å²) in [5.74, 6) is 0.709. The maximum absolute atomic E-state index is 5.98. The molecule has 1 aromatic carbocycles. The Morgan fingerprint density at radius 1 is 1.21 bits per heavy atom. The lowest BCUT2D eigenvalue weighted by Gasteiger charge is -2.33. The monoisotopic (exact) mass is 262 g/mol. The molecule has 0 amide bonds. The Kier molecular flexibility index (Phi) is 5.37. The summed E-state index contributed by atoms with van der Waals surface area (Å²) in [5, 5.41) is 0. The Balaban J connectivity index is 1.82. The van der Waals surface area contributed by atoms with E-state index in [4.69, 9.17) is 10.5 Å². The molecule has 1 heterocycles. The molecule has 0 aromatic heterocycles. The number of nitrogens with zero attached hydrogens (tertiary/aromatic N) is 1. The molecule has 1 aromatic rings. The van der Waals surface area contributed by atoms with Gasteiger partial charge in [0.15, 0.2) is 0 Å². The zero-order chi connectivity index (χ0) is 13.7. The fourth-order valence-corrected chi connectivity index (χ4v) is 2.80. The fraction of sp³-hybridized carbons (Fsp3) is 0.625. The summed E-state index contributed by atoms with van der Waals surface area (Å²) in [5.41, 5.74) is 8.61. The second-order valence-electron chi connectivity index (χ2n) is 5.72. The van der Waals surface area contributed by atoms with Gasteiger partial charge in [0.2, 0.25) is 0 Å². The van der Waals surface area contributed by atoms with Gasteiger partial charge in [-0.15, -0.1) is 0 Å². The van der Waals surface area contributed by atoms with Crippen LogP contribution in [0.2, 0.25) is 0 Å². The minimum absolute atomic E-state index is 0.343. The lowest BCUT2D eigenvalue weighted by Crippen LogP contribution is -2.39. The molecule has 0 saturated carbocycles. The van der Waals surface area contributed by atoms with E-state index in [1.807, 2.05) is 0 Å². The van der Waals surface area contributed by atoms with Crippen molar-refractivity contribution in [3.05, 3.63) is 35.4 Å². The van der Waals surface area contributed by atoms with Crippen molar-refractivity contribution in [2.24, 2.45) is 11.7 Å². The molecule has 2 N–H and O–H groups in total. The largest absolute Gasteiger partial charge is 0.380 e. The maximum atomic E-state index is 5.98. The molecule has 1 saturated heterocycles.